The number of rotatable bonds is 6. The molecule has 1 aliphatic carbocycles. The molecule has 1 saturated heterocycles. The number of amides is 3. The number of esters is 1. The summed E-state index contributed by atoms with van der Waals surface area (Å²) in [7, 11) is 0. The summed E-state index contributed by atoms with van der Waals surface area (Å²) in [5, 5.41) is 2.79. The number of nitrogens with zero attached hydrogens (tertiary/aromatic N) is 1. The largest absolute Gasteiger partial charge is 0.456 e. The third kappa shape index (κ3) is 4.18. The van der Waals surface area contributed by atoms with Crippen LogP contribution in [0.25, 0.3) is 0 Å². The van der Waals surface area contributed by atoms with Crippen LogP contribution in [0.5, 0.6) is 0 Å². The minimum Gasteiger partial charge on any atom is -0.456 e. The zero-order valence-electron chi connectivity index (χ0n) is 17.2. The second-order valence-electron chi connectivity index (χ2n) is 8.30. The van der Waals surface area contributed by atoms with Crippen LogP contribution >= 0.6 is 0 Å². The van der Waals surface area contributed by atoms with E-state index in [2.05, 4.69) is 19.2 Å². The molecular weight excluding hydrogens is 372 g/mol. The van der Waals surface area contributed by atoms with E-state index in [0.29, 0.717) is 17.9 Å². The Morgan fingerprint density at radius 2 is 1.90 bits per heavy atom. The standard InChI is InChI=1S/C22H28N2O5/c1-14(2)16-7-9-17(10-8-16)18(25)13-29-19(26)12-24-20(27)22(23-21(24)28)11-5-4-6-15(22)3/h7-10,14-15H,4-6,11-13H2,1-3H3,(H,23,28)/t15-,22-/m1/s1. The number of nitrogens with one attached hydrogen (secondary N) is 1. The highest BCUT2D eigenvalue weighted by Crippen LogP contribution is 2.38. The zero-order chi connectivity index (χ0) is 21.2. The summed E-state index contributed by atoms with van der Waals surface area (Å²) < 4.78 is 5.03. The van der Waals surface area contributed by atoms with Gasteiger partial charge in [-0.05, 0) is 30.2 Å². The van der Waals surface area contributed by atoms with Gasteiger partial charge in [-0.25, -0.2) is 4.79 Å². The fraction of sp³-hybridized carbons (Fsp3) is 0.545. The molecule has 29 heavy (non-hydrogen) atoms. The van der Waals surface area contributed by atoms with Gasteiger partial charge in [0.1, 0.15) is 12.1 Å². The lowest BCUT2D eigenvalue weighted by atomic mass is 9.73. The molecule has 2 fully saturated rings. The Balaban J connectivity index is 1.56. The molecule has 1 aromatic carbocycles. The van der Waals surface area contributed by atoms with Gasteiger partial charge in [-0.15, -0.1) is 0 Å². The van der Waals surface area contributed by atoms with E-state index in [1.807, 2.05) is 19.1 Å². The molecule has 1 aliphatic heterocycles. The van der Waals surface area contributed by atoms with Crippen molar-refractivity contribution in [3.63, 3.8) is 0 Å². The van der Waals surface area contributed by atoms with Crippen molar-refractivity contribution in [3.05, 3.63) is 35.4 Å². The molecule has 1 spiro atoms. The third-order valence-corrected chi connectivity index (χ3v) is 6.05. The Kier molecular flexibility index (Phi) is 6.05. The maximum atomic E-state index is 12.9. The van der Waals surface area contributed by atoms with Crippen LogP contribution in [0.1, 0.15) is 68.3 Å². The summed E-state index contributed by atoms with van der Waals surface area (Å²) in [5.41, 5.74) is 0.652. The maximum Gasteiger partial charge on any atom is 0.326 e. The lowest BCUT2D eigenvalue weighted by Crippen LogP contribution is -2.54. The smallest absolute Gasteiger partial charge is 0.326 e. The summed E-state index contributed by atoms with van der Waals surface area (Å²) in [4.78, 5) is 50.5. The van der Waals surface area contributed by atoms with Gasteiger partial charge in [-0.3, -0.25) is 19.3 Å². The lowest BCUT2D eigenvalue weighted by Gasteiger charge is -2.36. The Bertz CT molecular complexity index is 817. The van der Waals surface area contributed by atoms with Crippen molar-refractivity contribution in [3.8, 4) is 0 Å². The van der Waals surface area contributed by atoms with E-state index >= 15 is 0 Å². The van der Waals surface area contributed by atoms with Gasteiger partial charge in [0.2, 0.25) is 0 Å². The van der Waals surface area contributed by atoms with Gasteiger partial charge < -0.3 is 10.1 Å². The predicted molar refractivity (Wildman–Crippen MR) is 106 cm³/mol. The summed E-state index contributed by atoms with van der Waals surface area (Å²) >= 11 is 0. The molecule has 7 heteroatoms. The number of ketones is 1. The van der Waals surface area contributed by atoms with E-state index in [1.165, 1.54) is 0 Å². The quantitative estimate of drug-likeness (QED) is 0.450. The number of carbonyl (C=O) groups excluding carboxylic acids is 4. The molecule has 3 rings (SSSR count). The SMILES string of the molecule is CC(C)c1ccc(C(=O)COC(=O)CN2C(=O)N[C@@]3(CCCC[C@H]3C)C2=O)cc1. The Hall–Kier alpha value is -2.70. The molecule has 1 saturated carbocycles. The van der Waals surface area contributed by atoms with Crippen LogP contribution in [0.2, 0.25) is 0 Å². The third-order valence-electron chi connectivity index (χ3n) is 6.05. The van der Waals surface area contributed by atoms with Crippen molar-refractivity contribution in [2.45, 2.75) is 57.9 Å². The van der Waals surface area contributed by atoms with Crippen LogP contribution in [-0.4, -0.2) is 47.3 Å². The number of hydrogen-bond donors (Lipinski definition) is 1. The first-order chi connectivity index (χ1) is 13.7. The fourth-order valence-corrected chi connectivity index (χ4v) is 4.10. The first-order valence-corrected chi connectivity index (χ1v) is 10.2. The van der Waals surface area contributed by atoms with E-state index in [4.69, 9.17) is 4.74 Å². The summed E-state index contributed by atoms with van der Waals surface area (Å²) in [6.07, 6.45) is 3.32. The number of Topliss-reactive ketones (excluding diaryl/α,β-unsaturated/α-hetero) is 1. The maximum absolute atomic E-state index is 12.9. The van der Waals surface area contributed by atoms with Gasteiger partial charge in [0.15, 0.2) is 12.4 Å². The number of hydrogen-bond acceptors (Lipinski definition) is 5. The van der Waals surface area contributed by atoms with Crippen molar-refractivity contribution in [2.24, 2.45) is 5.92 Å². The Morgan fingerprint density at radius 3 is 2.52 bits per heavy atom. The van der Waals surface area contributed by atoms with Gasteiger partial charge >= 0.3 is 12.0 Å². The normalized spacial score (nSPS) is 24.1. The van der Waals surface area contributed by atoms with Crippen LogP contribution in [0.15, 0.2) is 24.3 Å². The first-order valence-electron chi connectivity index (χ1n) is 10.2. The molecule has 156 valence electrons. The Morgan fingerprint density at radius 1 is 1.21 bits per heavy atom. The van der Waals surface area contributed by atoms with Gasteiger partial charge in [0, 0.05) is 5.56 Å². The zero-order valence-corrected chi connectivity index (χ0v) is 17.2. The van der Waals surface area contributed by atoms with E-state index < -0.39 is 30.7 Å². The molecule has 0 radical (unpaired) electrons. The van der Waals surface area contributed by atoms with E-state index in [9.17, 15) is 19.2 Å². The van der Waals surface area contributed by atoms with Crippen molar-refractivity contribution >= 4 is 23.7 Å². The minimum absolute atomic E-state index is 0.0177. The number of urea groups is 1. The van der Waals surface area contributed by atoms with E-state index in [-0.39, 0.29) is 17.6 Å². The van der Waals surface area contributed by atoms with Gasteiger partial charge in [-0.1, -0.05) is 57.9 Å². The number of ether oxygens (including phenoxy) is 1. The van der Waals surface area contributed by atoms with Crippen molar-refractivity contribution in [2.75, 3.05) is 13.2 Å². The van der Waals surface area contributed by atoms with Crippen LogP contribution < -0.4 is 5.32 Å². The summed E-state index contributed by atoms with van der Waals surface area (Å²) in [5.74, 6) is -1.10. The molecule has 0 bridgehead atoms. The molecule has 2 aliphatic rings. The summed E-state index contributed by atoms with van der Waals surface area (Å²) in [6.45, 7) is 5.16. The second-order valence-corrected chi connectivity index (χ2v) is 8.30. The van der Waals surface area contributed by atoms with Gasteiger partial charge in [0.05, 0.1) is 0 Å². The molecule has 1 aromatic rings. The highest BCUT2D eigenvalue weighted by atomic mass is 16.5. The van der Waals surface area contributed by atoms with Crippen LogP contribution in [-0.2, 0) is 14.3 Å². The highest BCUT2D eigenvalue weighted by Gasteiger charge is 2.55. The van der Waals surface area contributed by atoms with Crippen LogP contribution in [0.4, 0.5) is 4.79 Å². The fourth-order valence-electron chi connectivity index (χ4n) is 4.10. The molecule has 0 unspecified atom stereocenters. The Labute approximate surface area is 170 Å². The summed E-state index contributed by atoms with van der Waals surface area (Å²) in [6, 6.07) is 6.58. The van der Waals surface area contributed by atoms with Crippen molar-refractivity contribution < 1.29 is 23.9 Å². The monoisotopic (exact) mass is 400 g/mol. The molecule has 7 nitrogen and oxygen atoms in total. The minimum atomic E-state index is -0.913. The topological polar surface area (TPSA) is 92.8 Å². The van der Waals surface area contributed by atoms with Crippen LogP contribution in [0.3, 0.4) is 0 Å². The van der Waals surface area contributed by atoms with Gasteiger partial charge in [-0.2, -0.15) is 0 Å². The van der Waals surface area contributed by atoms with E-state index in [1.54, 1.807) is 12.1 Å². The second kappa shape index (κ2) is 8.35. The van der Waals surface area contributed by atoms with Gasteiger partial charge in [0.25, 0.3) is 5.91 Å². The number of carbonyl (C=O) groups is 4. The predicted octanol–water partition coefficient (Wildman–Crippen LogP) is 3.04. The molecule has 2 atom stereocenters. The van der Waals surface area contributed by atoms with Crippen LogP contribution in [0, 0.1) is 5.92 Å². The van der Waals surface area contributed by atoms with Crippen molar-refractivity contribution in [1.82, 2.24) is 10.2 Å². The molecular formula is C22H28N2O5. The highest BCUT2D eigenvalue weighted by molar-refractivity contribution is 6.09. The number of benzene rings is 1. The molecule has 0 aromatic heterocycles. The van der Waals surface area contributed by atoms with E-state index in [0.717, 1.165) is 29.7 Å². The van der Waals surface area contributed by atoms with Crippen molar-refractivity contribution in [1.29, 1.82) is 0 Å². The molecule has 3 amide bonds. The lowest BCUT2D eigenvalue weighted by molar-refractivity contribution is -0.147. The molecule has 1 heterocycles. The first kappa shape index (κ1) is 21.0. The molecule has 1 N–H and O–H groups in total. The average molecular weight is 400 g/mol. The number of imide groups is 1. The average Bonchev–Trinajstić information content (AvgIpc) is 2.93.